The quantitative estimate of drug-likeness (QED) is 0.00759. The fourth-order valence-corrected chi connectivity index (χ4v) is 11.1. The van der Waals surface area contributed by atoms with Crippen molar-refractivity contribution >= 4 is 116 Å². The van der Waals surface area contributed by atoms with Crippen molar-refractivity contribution in [3.05, 3.63) is 28.4 Å². The Balaban J connectivity index is 3.81. The topological polar surface area (TPSA) is 714 Å². The lowest BCUT2D eigenvalue weighted by Crippen LogP contribution is -2.60. The molecule has 0 saturated heterocycles. The van der Waals surface area contributed by atoms with Crippen LogP contribution < -0.4 is 105 Å². The highest BCUT2D eigenvalue weighted by atomic mass is 33.1. The summed E-state index contributed by atoms with van der Waals surface area (Å²) in [5.74, 6) is -8.79. The summed E-state index contributed by atoms with van der Waals surface area (Å²) in [5, 5.41) is 91.5. The van der Waals surface area contributed by atoms with Crippen LogP contribution in [0.2, 0.25) is 0 Å². The molecule has 0 aliphatic heterocycles. The number of nitrogens with one attached hydrogen (secondary N) is 17. The van der Waals surface area contributed by atoms with Crippen LogP contribution in [-0.4, -0.2) is 172 Å². The molecule has 0 aliphatic carbocycles. The number of guanidine groups is 3. The highest BCUT2D eigenvalue weighted by Crippen LogP contribution is 2.35. The minimum atomic E-state index is -1.50. The van der Waals surface area contributed by atoms with Gasteiger partial charge >= 0.3 is 5.69 Å². The van der Waals surface area contributed by atoms with E-state index in [1.165, 1.54) is 18.3 Å². The predicted molar refractivity (Wildman–Crippen MR) is 359 cm³/mol. The number of rotatable bonds is 52. The molecule has 0 bridgehead atoms. The molecular formula is C54H98N28O10S2. The Kier molecular flexibility index (Phi) is 41.1. The molecule has 0 unspecified atom stereocenters. The first-order valence-corrected chi connectivity index (χ1v) is 32.9. The Morgan fingerprint density at radius 2 is 0.713 bits per heavy atom. The summed E-state index contributed by atoms with van der Waals surface area (Å²) < 4.78 is 0. The van der Waals surface area contributed by atoms with Gasteiger partial charge in [0.05, 0.1) is 34.3 Å². The molecule has 94 heavy (non-hydrogen) atoms. The first kappa shape index (κ1) is 82.7. The molecule has 1 rings (SSSR count). The van der Waals surface area contributed by atoms with Gasteiger partial charge in [-0.25, -0.2) is 4.98 Å². The van der Waals surface area contributed by atoms with Gasteiger partial charge in [0.2, 0.25) is 47.3 Å². The van der Waals surface area contributed by atoms with E-state index >= 15 is 0 Å². The van der Waals surface area contributed by atoms with Crippen molar-refractivity contribution in [2.24, 2.45) is 51.6 Å². The highest BCUT2D eigenvalue weighted by molar-refractivity contribution is 8.76. The van der Waals surface area contributed by atoms with Gasteiger partial charge in [0.1, 0.15) is 42.3 Å². The van der Waals surface area contributed by atoms with Crippen molar-refractivity contribution in [1.82, 2.24) is 58.2 Å². The maximum atomic E-state index is 14.7. The van der Waals surface area contributed by atoms with E-state index < -0.39 is 112 Å². The minimum absolute atomic E-state index is 0.0220. The molecule has 1 aromatic heterocycles. The zero-order valence-electron chi connectivity index (χ0n) is 52.7. The van der Waals surface area contributed by atoms with Gasteiger partial charge < -0.3 is 105 Å². The Morgan fingerprint density at radius 1 is 0.436 bits per heavy atom. The van der Waals surface area contributed by atoms with Gasteiger partial charge in [0, 0.05) is 63.3 Å². The lowest BCUT2D eigenvalue weighted by molar-refractivity contribution is -0.388. The predicted octanol–water partition coefficient (Wildman–Crippen LogP) is -3.29. The van der Waals surface area contributed by atoms with E-state index in [2.05, 4.69) is 58.2 Å². The summed E-state index contributed by atoms with van der Waals surface area (Å²) in [6, 6.07) is -8.41. The number of nitrogens with zero attached hydrogens (tertiary/aromatic N) is 2. The fourth-order valence-electron chi connectivity index (χ4n) is 8.88. The number of amides is 8. The largest absolute Gasteiger partial charge is 0.388 e. The van der Waals surface area contributed by atoms with E-state index in [0.717, 1.165) is 21.6 Å². The third-order valence-electron chi connectivity index (χ3n) is 13.8. The monoisotopic (exact) mass is 1360 g/mol. The molecule has 8 amide bonds. The third-order valence-corrected chi connectivity index (χ3v) is 16.2. The van der Waals surface area contributed by atoms with Crippen LogP contribution in [0.1, 0.15) is 141 Å². The lowest BCUT2D eigenvalue weighted by Gasteiger charge is -2.28. The molecule has 38 nitrogen and oxygen atoms in total. The van der Waals surface area contributed by atoms with E-state index in [0.29, 0.717) is 19.3 Å². The van der Waals surface area contributed by atoms with Crippen molar-refractivity contribution < 1.29 is 43.3 Å². The summed E-state index contributed by atoms with van der Waals surface area (Å²) in [5.41, 5.74) is 50.4. The van der Waals surface area contributed by atoms with Crippen LogP contribution in [-0.2, 0) is 38.4 Å². The van der Waals surface area contributed by atoms with Gasteiger partial charge in [-0.1, -0.05) is 36.5 Å². The standard InChI is InChI=1S/C54H98N28O10S2/c55-30(29-93-94-51-38(82(91)92)20-12-25-71-51)44(84)76-32(14-2-6-22-40(58)59)46(86)80-36(18-10-27-73-53(67)68)49(89)78-34(16-4-8-24-42(62)63)48(88)81-37(19-11-28-74-54(69)70)50(90)77-33(15-3-7-23-41(60)61)47(87)79-35(17-9-26-72-52(65)66)45(85)75-31(43(64)83)13-1-5-21-39(56)57/h12,20,25,30-37H,1-11,13-19,21-24,26-29,55H2,(H3,56,57)(H3,58,59)(H3,60,61)(H3,62,63)(H2,64,83)(H,75,85)(H,76,84)(H,77,90)(H,78,89)(H,79,87)(H,80,86)(H,81,88)(H4,65,66,72)(H4,67,68,73)(H4,69,70,74)/t30-,31-,32-,33-,34-,35-,36-,37-/m0/s1. The van der Waals surface area contributed by atoms with Gasteiger partial charge in [0.15, 0.2) is 22.9 Å². The number of primary amides is 1. The zero-order valence-corrected chi connectivity index (χ0v) is 54.4. The number of amidine groups is 4. The molecule has 1 aromatic rings. The smallest absolute Gasteiger partial charge is 0.302 e. The maximum Gasteiger partial charge on any atom is 0.302 e. The zero-order chi connectivity index (χ0) is 70.7. The molecule has 0 radical (unpaired) electrons. The number of carbonyl (C=O) groups excluding carboxylic acids is 8. The van der Waals surface area contributed by atoms with Gasteiger partial charge in [-0.05, 0) is 107 Å². The summed E-state index contributed by atoms with van der Waals surface area (Å²) >= 11 is 0. The van der Waals surface area contributed by atoms with Crippen molar-refractivity contribution in [3.8, 4) is 0 Å². The molecule has 0 aromatic carbocycles. The Labute approximate surface area is 552 Å². The number of hydrogen-bond acceptors (Lipinski definition) is 21. The number of nitro groups is 1. The Bertz CT molecular complexity index is 2750. The van der Waals surface area contributed by atoms with Crippen LogP contribution in [0.25, 0.3) is 0 Å². The first-order valence-electron chi connectivity index (χ1n) is 30.5. The van der Waals surface area contributed by atoms with Gasteiger partial charge in [-0.3, -0.25) is 86.3 Å². The van der Waals surface area contributed by atoms with Crippen LogP contribution in [0.5, 0.6) is 0 Å². The van der Waals surface area contributed by atoms with Crippen molar-refractivity contribution in [2.75, 3.05) is 25.4 Å². The highest BCUT2D eigenvalue weighted by Gasteiger charge is 2.35. The summed E-state index contributed by atoms with van der Waals surface area (Å²) in [7, 11) is 1.91. The lowest BCUT2D eigenvalue weighted by atomic mass is 10.0. The van der Waals surface area contributed by atoms with Crippen molar-refractivity contribution in [3.63, 3.8) is 0 Å². The summed E-state index contributed by atoms with van der Waals surface area (Å²) in [6.07, 6.45) is 3.93. The van der Waals surface area contributed by atoms with Gasteiger partial charge in [0.25, 0.3) is 0 Å². The third kappa shape index (κ3) is 37.9. The van der Waals surface area contributed by atoms with Crippen molar-refractivity contribution in [2.45, 2.75) is 195 Å². The number of nitrogens with two attached hydrogens (primary N) is 9. The van der Waals surface area contributed by atoms with E-state index in [9.17, 15) is 48.5 Å². The van der Waals surface area contributed by atoms with E-state index in [-0.39, 0.29) is 187 Å². The number of pyridine rings is 1. The summed E-state index contributed by atoms with van der Waals surface area (Å²) in [4.78, 5) is 128. The van der Waals surface area contributed by atoms with E-state index in [4.69, 9.17) is 89.5 Å². The van der Waals surface area contributed by atoms with Crippen LogP contribution in [0.4, 0.5) is 5.69 Å². The summed E-state index contributed by atoms with van der Waals surface area (Å²) in [6.45, 7) is 0.150. The Hall–Kier alpha value is -9.34. The second kappa shape index (κ2) is 46.7. The van der Waals surface area contributed by atoms with Crippen LogP contribution in [0, 0.1) is 48.0 Å². The molecule has 526 valence electrons. The number of hydrogen-bond donors (Lipinski definition) is 26. The molecule has 35 N–H and O–H groups in total. The average molecular weight is 1360 g/mol. The van der Waals surface area contributed by atoms with E-state index in [1.807, 2.05) is 0 Å². The maximum absolute atomic E-state index is 14.7. The SMILES string of the molecule is N=C(N)CCCC[C@H](NC(=O)[C@H](CCCNC(=N)N)NC(=O)[C@H](CCCCC(=N)N)NC(=O)[C@H](CCCNC(=N)N)NC(=O)[C@H](CCCCC(=N)N)NC(=O)[C@H](CCCNC(=N)N)NC(=O)[C@H](CCCCC(=N)N)NC(=O)[C@@H](N)CSSc1ncccc1[N+](=O)[O-])C(N)=O. The molecular weight excluding hydrogens is 1260 g/mol. The van der Waals surface area contributed by atoms with E-state index in [1.54, 1.807) is 0 Å². The molecule has 0 aliphatic rings. The molecule has 0 saturated carbocycles. The number of carbonyl (C=O) groups is 8. The molecule has 0 fully saturated rings. The first-order chi connectivity index (χ1) is 44.4. The van der Waals surface area contributed by atoms with Gasteiger partial charge in [-0.15, -0.1) is 0 Å². The normalized spacial score (nSPS) is 13.4. The van der Waals surface area contributed by atoms with Gasteiger partial charge in [-0.2, -0.15) is 0 Å². The fraction of sp³-hybridized carbons (Fsp3) is 0.630. The second-order valence-corrected chi connectivity index (χ2v) is 24.3. The van der Waals surface area contributed by atoms with Crippen LogP contribution in [0.15, 0.2) is 23.4 Å². The average Bonchev–Trinajstić information content (AvgIpc) is 0.974. The molecule has 8 atom stereocenters. The van der Waals surface area contributed by atoms with Crippen LogP contribution in [0.3, 0.4) is 0 Å². The van der Waals surface area contributed by atoms with Crippen molar-refractivity contribution in [1.29, 1.82) is 37.9 Å². The molecule has 40 heteroatoms. The van der Waals surface area contributed by atoms with Crippen LogP contribution >= 0.6 is 21.6 Å². The molecule has 1 heterocycles. The minimum Gasteiger partial charge on any atom is -0.388 e. The number of unbranched alkanes of at least 4 members (excludes halogenated alkanes) is 4. The Morgan fingerprint density at radius 3 is 0.989 bits per heavy atom. The second-order valence-electron chi connectivity index (χ2n) is 21.9. The molecule has 0 spiro atoms. The number of aromatic nitrogens is 1.